The number of pyridine rings is 1. The van der Waals surface area contributed by atoms with Gasteiger partial charge in [0.2, 0.25) is 0 Å². The predicted molar refractivity (Wildman–Crippen MR) is 129 cm³/mol. The number of carbonyl (C=O) groups is 2. The van der Waals surface area contributed by atoms with Gasteiger partial charge in [-0.15, -0.1) is 13.2 Å². The van der Waals surface area contributed by atoms with E-state index in [-0.39, 0.29) is 23.5 Å². The summed E-state index contributed by atoms with van der Waals surface area (Å²) in [4.78, 5) is 34.4. The Balaban J connectivity index is 0.000000953. The minimum Gasteiger partial charge on any atom is -0.483 e. The first kappa shape index (κ1) is 36.5. The topological polar surface area (TPSA) is 146 Å². The molecular weight excluding hydrogens is 585 g/mol. The molecular formula is C23H22F9N3O6. The first-order valence-corrected chi connectivity index (χ1v) is 10.6. The van der Waals surface area contributed by atoms with Crippen LogP contribution in [0.4, 0.5) is 45.2 Å². The zero-order valence-corrected chi connectivity index (χ0v) is 20.6. The van der Waals surface area contributed by atoms with Crippen LogP contribution >= 0.6 is 0 Å². The average Bonchev–Trinajstić information content (AvgIpc) is 2.83. The van der Waals surface area contributed by atoms with Crippen molar-refractivity contribution in [2.45, 2.75) is 19.2 Å². The molecule has 0 aliphatic heterocycles. The summed E-state index contributed by atoms with van der Waals surface area (Å²) in [5, 5.41) is 15.1. The Hall–Kier alpha value is -4.48. The summed E-state index contributed by atoms with van der Waals surface area (Å²) in [6, 6.07) is 12.6. The van der Waals surface area contributed by atoms with Crippen LogP contribution in [0.5, 0.6) is 5.75 Å². The number of aromatic amines is 1. The fraction of sp³-hybridized carbons (Fsp3) is 0.261. The highest BCUT2D eigenvalue weighted by molar-refractivity contribution is 5.88. The molecule has 0 saturated carbocycles. The number of aromatic nitrogens is 1. The van der Waals surface area contributed by atoms with Gasteiger partial charge in [-0.1, -0.05) is 18.2 Å². The molecule has 0 aliphatic rings. The lowest BCUT2D eigenvalue weighted by Gasteiger charge is -2.18. The molecule has 3 rings (SSSR count). The van der Waals surface area contributed by atoms with E-state index >= 15 is 0 Å². The maximum absolute atomic E-state index is 12.6. The van der Waals surface area contributed by atoms with E-state index in [4.69, 9.17) is 25.5 Å². The van der Waals surface area contributed by atoms with Crippen molar-refractivity contribution in [1.29, 1.82) is 0 Å². The van der Waals surface area contributed by atoms with Gasteiger partial charge in [0.05, 0.1) is 5.69 Å². The van der Waals surface area contributed by atoms with Crippen LogP contribution in [0, 0.1) is 0 Å². The van der Waals surface area contributed by atoms with Crippen LogP contribution in [0.1, 0.15) is 0 Å². The maximum atomic E-state index is 12.6. The van der Waals surface area contributed by atoms with Crippen molar-refractivity contribution in [2.75, 3.05) is 25.0 Å². The van der Waals surface area contributed by atoms with Gasteiger partial charge >= 0.3 is 25.2 Å². The zero-order chi connectivity index (χ0) is 32.0. The first-order valence-electron chi connectivity index (χ1n) is 10.6. The van der Waals surface area contributed by atoms with E-state index in [1.165, 1.54) is 18.2 Å². The molecule has 1 aromatic heterocycles. The monoisotopic (exact) mass is 607 g/mol. The minimum absolute atomic E-state index is 0.151. The summed E-state index contributed by atoms with van der Waals surface area (Å²) in [5.41, 5.74) is 6.38. The molecule has 3 aromatic rings. The molecule has 18 heteroatoms. The molecule has 0 aliphatic carbocycles. The van der Waals surface area contributed by atoms with E-state index < -0.39 is 30.7 Å². The lowest BCUT2D eigenvalue weighted by Crippen LogP contribution is -2.25. The number of nitrogens with one attached hydrogen (secondary N) is 1. The number of halogens is 9. The number of benzene rings is 2. The van der Waals surface area contributed by atoms with Crippen LogP contribution in [-0.4, -0.2) is 67.0 Å². The van der Waals surface area contributed by atoms with E-state index in [0.717, 1.165) is 5.69 Å². The van der Waals surface area contributed by atoms with Crippen LogP contribution in [0.15, 0.2) is 53.3 Å². The van der Waals surface area contributed by atoms with Gasteiger partial charge in [-0.25, -0.2) is 4.79 Å². The third-order valence-electron chi connectivity index (χ3n) is 4.38. The van der Waals surface area contributed by atoms with Crippen LogP contribution in [0.25, 0.3) is 22.0 Å². The molecule has 0 fully saturated rings. The maximum Gasteiger partial charge on any atom is 0.573 e. The van der Waals surface area contributed by atoms with Crippen molar-refractivity contribution >= 4 is 28.9 Å². The van der Waals surface area contributed by atoms with Crippen molar-refractivity contribution in [1.82, 2.24) is 4.98 Å². The lowest BCUT2D eigenvalue weighted by molar-refractivity contribution is -0.274. The molecule has 0 saturated heterocycles. The van der Waals surface area contributed by atoms with Crippen LogP contribution < -0.4 is 20.9 Å². The van der Waals surface area contributed by atoms with Crippen molar-refractivity contribution in [3.8, 4) is 17.0 Å². The molecule has 0 bridgehead atoms. The highest BCUT2D eigenvalue weighted by Crippen LogP contribution is 2.33. The SMILES string of the molecule is CN(CCN)c1ccc2cc(-c3ccccc3OC(F)(F)F)[nH]c(=O)c2c1.FC(F)F.O=C(O)C(F)(F)F.O=CO. The number of alkyl halides is 9. The largest absolute Gasteiger partial charge is 0.573 e. The number of anilines is 1. The van der Waals surface area contributed by atoms with E-state index in [9.17, 15) is 44.3 Å². The molecule has 228 valence electrons. The number of likely N-dealkylation sites (N-methyl/N-ethyl adjacent to an activating group) is 1. The Bertz CT molecular complexity index is 1310. The van der Waals surface area contributed by atoms with Gasteiger partial charge in [0.1, 0.15) is 5.75 Å². The Kier molecular flexibility index (Phi) is 14.8. The summed E-state index contributed by atoms with van der Waals surface area (Å²) in [5.74, 6) is -3.13. The number of nitrogens with two attached hydrogens (primary N) is 1. The van der Waals surface area contributed by atoms with Crippen LogP contribution in [-0.2, 0) is 9.59 Å². The smallest absolute Gasteiger partial charge is 0.483 e. The second-order valence-electron chi connectivity index (χ2n) is 7.19. The fourth-order valence-electron chi connectivity index (χ4n) is 2.86. The van der Waals surface area contributed by atoms with E-state index in [1.54, 1.807) is 24.3 Å². The first-order chi connectivity index (χ1) is 18.9. The normalized spacial score (nSPS) is 10.7. The van der Waals surface area contributed by atoms with Crippen LogP contribution in [0.2, 0.25) is 0 Å². The molecule has 0 unspecified atom stereocenters. The van der Waals surface area contributed by atoms with Gasteiger partial charge in [0.25, 0.3) is 12.0 Å². The third kappa shape index (κ3) is 13.9. The van der Waals surface area contributed by atoms with Gasteiger partial charge in [-0.05, 0) is 35.7 Å². The molecule has 5 N–H and O–H groups in total. The zero-order valence-electron chi connectivity index (χ0n) is 20.6. The van der Waals surface area contributed by atoms with Gasteiger partial charge in [0.15, 0.2) is 0 Å². The fourth-order valence-corrected chi connectivity index (χ4v) is 2.86. The van der Waals surface area contributed by atoms with E-state index in [0.29, 0.717) is 23.9 Å². The number of nitrogens with zero attached hydrogens (tertiary/aromatic N) is 1. The number of carboxylic acid groups (broad SMARTS) is 2. The Labute approximate surface area is 224 Å². The number of aliphatic carboxylic acids is 1. The summed E-state index contributed by atoms with van der Waals surface area (Å²) in [6.07, 6.45) is -9.91. The van der Waals surface area contributed by atoms with Gasteiger partial charge < -0.3 is 30.6 Å². The molecule has 9 nitrogen and oxygen atoms in total. The predicted octanol–water partition coefficient (Wildman–Crippen LogP) is 5.00. The number of hydrogen-bond acceptors (Lipinski definition) is 6. The van der Waals surface area contributed by atoms with Gasteiger partial charge in [-0.2, -0.15) is 26.3 Å². The van der Waals surface area contributed by atoms with E-state index in [1.807, 2.05) is 18.0 Å². The van der Waals surface area contributed by atoms with Crippen molar-refractivity contribution in [3.05, 3.63) is 58.9 Å². The number of carboxylic acids is 1. The second kappa shape index (κ2) is 16.6. The Morgan fingerprint density at radius 2 is 1.59 bits per heavy atom. The quantitative estimate of drug-likeness (QED) is 0.234. The third-order valence-corrected chi connectivity index (χ3v) is 4.38. The summed E-state index contributed by atoms with van der Waals surface area (Å²) in [6.45, 7) is -2.82. The second-order valence-corrected chi connectivity index (χ2v) is 7.19. The van der Waals surface area contributed by atoms with Crippen molar-refractivity contribution in [2.24, 2.45) is 5.73 Å². The number of rotatable bonds is 5. The molecule has 41 heavy (non-hydrogen) atoms. The highest BCUT2D eigenvalue weighted by Gasteiger charge is 2.38. The number of H-pyrrole nitrogens is 1. The van der Waals surface area contributed by atoms with E-state index in [2.05, 4.69) is 9.72 Å². The molecule has 1 heterocycles. The summed E-state index contributed by atoms with van der Waals surface area (Å²) in [7, 11) is 1.86. The molecule has 0 amide bonds. The lowest BCUT2D eigenvalue weighted by atomic mass is 10.1. The molecule has 2 aromatic carbocycles. The van der Waals surface area contributed by atoms with Crippen LogP contribution in [0.3, 0.4) is 0 Å². The average molecular weight is 607 g/mol. The Morgan fingerprint density at radius 1 is 1.07 bits per heavy atom. The minimum atomic E-state index is -5.08. The number of ether oxygens (including phenoxy) is 1. The molecule has 0 spiro atoms. The number of para-hydroxylation sites is 1. The van der Waals surface area contributed by atoms with Gasteiger partial charge in [0, 0.05) is 36.8 Å². The summed E-state index contributed by atoms with van der Waals surface area (Å²) >= 11 is 0. The molecule has 0 atom stereocenters. The van der Waals surface area contributed by atoms with Crippen molar-refractivity contribution < 1.29 is 64.1 Å². The standard InChI is InChI=1S/C19H18F3N3O2.C2HF3O2.CHF3.CH2O2/c1-25(9-8-23)13-7-6-12-10-16(24-18(26)15(12)11-13)14-4-2-3-5-17(14)27-19(20,21)22;3-2(4,5)1(6)7;2-1(3)4;2-1-3/h2-7,10-11H,8-9,23H2,1H3,(H,24,26);(H,6,7);1H;1H,(H,2,3). The highest BCUT2D eigenvalue weighted by atomic mass is 19.4. The molecule has 0 radical (unpaired) electrons. The Morgan fingerprint density at radius 3 is 2.05 bits per heavy atom. The number of fused-ring (bicyclic) bond motifs is 1. The summed E-state index contributed by atoms with van der Waals surface area (Å²) < 4.78 is 103. The van der Waals surface area contributed by atoms with Gasteiger partial charge in [-0.3, -0.25) is 9.59 Å². The van der Waals surface area contributed by atoms with Crippen molar-refractivity contribution in [3.63, 3.8) is 0 Å². The number of hydrogen-bond donors (Lipinski definition) is 4.